The number of benzene rings is 3. The highest BCUT2D eigenvalue weighted by Crippen LogP contribution is 2.30. The number of nitrogens with one attached hydrogen (secondary N) is 1. The van der Waals surface area contributed by atoms with Gasteiger partial charge in [-0.2, -0.15) is 4.98 Å². The third-order valence-corrected chi connectivity index (χ3v) is 5.95. The molecule has 3 aromatic carbocycles. The predicted octanol–water partition coefficient (Wildman–Crippen LogP) is 4.72. The van der Waals surface area contributed by atoms with Crippen LogP contribution in [0.1, 0.15) is 5.56 Å². The molecular weight excluding hydrogens is 417 g/mol. The van der Waals surface area contributed by atoms with Gasteiger partial charge in [0.15, 0.2) is 0 Å². The first-order valence-electron chi connectivity index (χ1n) is 11.1. The minimum atomic E-state index is -0.235. The molecule has 4 aromatic rings. The second-order valence-corrected chi connectivity index (χ2v) is 8.02. The highest BCUT2D eigenvalue weighted by Gasteiger charge is 2.22. The molecule has 168 valence electrons. The fourth-order valence-corrected chi connectivity index (χ4v) is 4.17. The number of anilines is 3. The van der Waals surface area contributed by atoms with Crippen LogP contribution < -0.4 is 19.9 Å². The van der Waals surface area contributed by atoms with Crippen LogP contribution in [-0.4, -0.2) is 43.3 Å². The predicted molar refractivity (Wildman–Crippen MR) is 131 cm³/mol. The molecule has 1 saturated heterocycles. The molecule has 1 aromatic heterocycles. The third kappa shape index (κ3) is 4.53. The number of halogens is 1. The number of ether oxygens (including phenoxy) is 1. The van der Waals surface area contributed by atoms with Crippen molar-refractivity contribution in [3.8, 4) is 5.75 Å². The summed E-state index contributed by atoms with van der Waals surface area (Å²) in [6.45, 7) is 3.90. The average Bonchev–Trinajstić information content (AvgIpc) is 2.88. The van der Waals surface area contributed by atoms with Gasteiger partial charge in [-0.1, -0.05) is 36.4 Å². The first-order chi connectivity index (χ1) is 16.2. The van der Waals surface area contributed by atoms with Crippen LogP contribution in [0, 0.1) is 5.82 Å². The van der Waals surface area contributed by atoms with Crippen LogP contribution in [-0.2, 0) is 6.54 Å². The lowest BCUT2D eigenvalue weighted by molar-refractivity contribution is 0.413. The standard InChI is InChI=1S/C26H26FN5O/c1-33-24-9-5-4-8-23(24)31-14-16-32(17-15-31)26-29-22-7-3-2-6-21(22)25(30-26)28-18-19-10-12-20(27)13-11-19/h2-13H,14-18H2,1H3,(H,28,29,30). The molecule has 0 saturated carbocycles. The zero-order valence-corrected chi connectivity index (χ0v) is 18.5. The summed E-state index contributed by atoms with van der Waals surface area (Å²) in [6, 6.07) is 22.6. The molecule has 0 radical (unpaired) electrons. The van der Waals surface area contributed by atoms with Crippen molar-refractivity contribution in [3.63, 3.8) is 0 Å². The lowest BCUT2D eigenvalue weighted by Gasteiger charge is -2.36. The minimum Gasteiger partial charge on any atom is -0.495 e. The third-order valence-electron chi connectivity index (χ3n) is 5.95. The summed E-state index contributed by atoms with van der Waals surface area (Å²) in [5.74, 6) is 2.16. The van der Waals surface area contributed by atoms with Crippen molar-refractivity contribution in [2.45, 2.75) is 6.54 Å². The fourth-order valence-electron chi connectivity index (χ4n) is 4.17. The smallest absolute Gasteiger partial charge is 0.228 e. The average molecular weight is 444 g/mol. The Morgan fingerprint density at radius 3 is 2.33 bits per heavy atom. The number of rotatable bonds is 6. The van der Waals surface area contributed by atoms with Gasteiger partial charge in [0.25, 0.3) is 0 Å². The van der Waals surface area contributed by atoms with Gasteiger partial charge in [0.2, 0.25) is 5.95 Å². The van der Waals surface area contributed by atoms with E-state index in [4.69, 9.17) is 14.7 Å². The highest BCUT2D eigenvalue weighted by atomic mass is 19.1. The van der Waals surface area contributed by atoms with Gasteiger partial charge in [-0.25, -0.2) is 9.37 Å². The Balaban J connectivity index is 1.36. The molecule has 0 spiro atoms. The Morgan fingerprint density at radius 2 is 1.55 bits per heavy atom. The van der Waals surface area contributed by atoms with E-state index in [1.165, 1.54) is 12.1 Å². The van der Waals surface area contributed by atoms with Gasteiger partial charge in [-0.05, 0) is 42.0 Å². The Bertz CT molecular complexity index is 1240. The first kappa shape index (κ1) is 21.0. The molecule has 33 heavy (non-hydrogen) atoms. The van der Waals surface area contributed by atoms with Crippen LogP contribution in [0.3, 0.4) is 0 Å². The molecule has 0 bridgehead atoms. The van der Waals surface area contributed by atoms with Crippen molar-refractivity contribution < 1.29 is 9.13 Å². The lowest BCUT2D eigenvalue weighted by atomic mass is 10.2. The van der Waals surface area contributed by atoms with Crippen LogP contribution in [0.4, 0.5) is 21.8 Å². The van der Waals surface area contributed by atoms with Crippen molar-refractivity contribution in [2.75, 3.05) is 48.4 Å². The van der Waals surface area contributed by atoms with E-state index in [0.717, 1.165) is 65.8 Å². The van der Waals surface area contributed by atoms with Crippen LogP contribution in [0.2, 0.25) is 0 Å². The SMILES string of the molecule is COc1ccccc1N1CCN(c2nc(NCc3ccc(F)cc3)c3ccccc3n2)CC1. The molecule has 6 nitrogen and oxygen atoms in total. The van der Waals surface area contributed by atoms with Gasteiger partial charge in [0.1, 0.15) is 17.4 Å². The maximum Gasteiger partial charge on any atom is 0.228 e. The number of hydrogen-bond acceptors (Lipinski definition) is 6. The van der Waals surface area contributed by atoms with Gasteiger partial charge in [-0.3, -0.25) is 0 Å². The second-order valence-electron chi connectivity index (χ2n) is 8.02. The van der Waals surface area contributed by atoms with Crippen molar-refractivity contribution in [1.29, 1.82) is 0 Å². The molecule has 5 rings (SSSR count). The van der Waals surface area contributed by atoms with Crippen LogP contribution >= 0.6 is 0 Å². The molecule has 1 fully saturated rings. The zero-order valence-electron chi connectivity index (χ0n) is 18.5. The number of nitrogens with zero attached hydrogens (tertiary/aromatic N) is 4. The number of methoxy groups -OCH3 is 1. The molecule has 1 aliphatic rings. The van der Waals surface area contributed by atoms with E-state index in [1.807, 2.05) is 42.5 Å². The maximum atomic E-state index is 13.2. The van der Waals surface area contributed by atoms with E-state index in [-0.39, 0.29) is 5.82 Å². The van der Waals surface area contributed by atoms with Gasteiger partial charge in [0.05, 0.1) is 18.3 Å². The molecule has 0 aliphatic carbocycles. The van der Waals surface area contributed by atoms with E-state index in [2.05, 4.69) is 21.2 Å². The van der Waals surface area contributed by atoms with Gasteiger partial charge in [0, 0.05) is 38.1 Å². The molecule has 7 heteroatoms. The topological polar surface area (TPSA) is 53.5 Å². The molecule has 1 N–H and O–H groups in total. The van der Waals surface area contributed by atoms with Crippen LogP contribution in [0.25, 0.3) is 10.9 Å². The molecular formula is C26H26FN5O. The summed E-state index contributed by atoms with van der Waals surface area (Å²) in [6.07, 6.45) is 0. The monoisotopic (exact) mass is 443 g/mol. The number of hydrogen-bond donors (Lipinski definition) is 1. The number of aromatic nitrogens is 2. The summed E-state index contributed by atoms with van der Waals surface area (Å²) in [4.78, 5) is 14.3. The molecule has 0 amide bonds. The summed E-state index contributed by atoms with van der Waals surface area (Å²) >= 11 is 0. The van der Waals surface area contributed by atoms with E-state index >= 15 is 0 Å². The largest absolute Gasteiger partial charge is 0.495 e. The van der Waals surface area contributed by atoms with E-state index in [9.17, 15) is 4.39 Å². The van der Waals surface area contributed by atoms with Crippen molar-refractivity contribution in [1.82, 2.24) is 9.97 Å². The Morgan fingerprint density at radius 1 is 0.848 bits per heavy atom. The highest BCUT2D eigenvalue weighted by molar-refractivity contribution is 5.90. The lowest BCUT2D eigenvalue weighted by Crippen LogP contribution is -2.47. The van der Waals surface area contributed by atoms with Crippen LogP contribution in [0.15, 0.2) is 72.8 Å². The zero-order chi connectivity index (χ0) is 22.6. The maximum absolute atomic E-state index is 13.2. The Kier molecular flexibility index (Phi) is 5.93. The molecule has 0 atom stereocenters. The van der Waals surface area contributed by atoms with E-state index < -0.39 is 0 Å². The van der Waals surface area contributed by atoms with Crippen LogP contribution in [0.5, 0.6) is 5.75 Å². The number of fused-ring (bicyclic) bond motifs is 1. The van der Waals surface area contributed by atoms with Gasteiger partial charge in [-0.15, -0.1) is 0 Å². The first-order valence-corrected chi connectivity index (χ1v) is 11.1. The van der Waals surface area contributed by atoms with Gasteiger partial charge < -0.3 is 19.9 Å². The van der Waals surface area contributed by atoms with E-state index in [0.29, 0.717) is 6.54 Å². The summed E-state index contributed by atoms with van der Waals surface area (Å²) in [7, 11) is 1.71. The summed E-state index contributed by atoms with van der Waals surface area (Å²) in [5, 5.41) is 4.39. The Labute approximate surface area is 192 Å². The molecule has 1 aliphatic heterocycles. The van der Waals surface area contributed by atoms with Gasteiger partial charge >= 0.3 is 0 Å². The number of para-hydroxylation sites is 3. The van der Waals surface area contributed by atoms with Crippen molar-refractivity contribution in [2.24, 2.45) is 0 Å². The normalized spacial score (nSPS) is 13.9. The minimum absolute atomic E-state index is 0.235. The second kappa shape index (κ2) is 9.32. The number of piperazine rings is 1. The van der Waals surface area contributed by atoms with Crippen molar-refractivity contribution in [3.05, 3.63) is 84.2 Å². The Hall–Kier alpha value is -3.87. The summed E-state index contributed by atoms with van der Waals surface area (Å²) < 4.78 is 18.8. The van der Waals surface area contributed by atoms with E-state index in [1.54, 1.807) is 19.2 Å². The quantitative estimate of drug-likeness (QED) is 0.466. The molecule has 2 heterocycles. The molecule has 0 unspecified atom stereocenters. The summed E-state index contributed by atoms with van der Waals surface area (Å²) in [5.41, 5.74) is 3.00. The fraction of sp³-hybridized carbons (Fsp3) is 0.231. The van der Waals surface area contributed by atoms with Crippen molar-refractivity contribution >= 4 is 28.4 Å².